The highest BCUT2D eigenvalue weighted by molar-refractivity contribution is 7.94. The molecule has 16 heteroatoms. The van der Waals surface area contributed by atoms with Crippen LogP contribution in [0.5, 0.6) is 5.75 Å². The first-order chi connectivity index (χ1) is 19.6. The average molecular weight is 629 g/mol. The van der Waals surface area contributed by atoms with Gasteiger partial charge in [0.15, 0.2) is 0 Å². The molecule has 0 amide bonds. The smallest absolute Gasteiger partial charge is 0.406 e. The van der Waals surface area contributed by atoms with Gasteiger partial charge in [-0.05, 0) is 73.5 Å². The molecule has 8 nitrogen and oxygen atoms in total. The van der Waals surface area contributed by atoms with E-state index >= 15 is 0 Å². The van der Waals surface area contributed by atoms with E-state index in [4.69, 9.17) is 0 Å². The minimum atomic E-state index is -4.87. The second kappa shape index (κ2) is 10.5. The van der Waals surface area contributed by atoms with Gasteiger partial charge >= 0.3 is 12.5 Å². The van der Waals surface area contributed by atoms with Crippen LogP contribution in [0.4, 0.5) is 32.2 Å². The molecular weight excluding hydrogens is 610 g/mol. The summed E-state index contributed by atoms with van der Waals surface area (Å²) in [4.78, 5) is 0.124. The van der Waals surface area contributed by atoms with Crippen LogP contribution in [0.2, 0.25) is 0 Å². The van der Waals surface area contributed by atoms with Gasteiger partial charge in [-0.25, -0.2) is 13.1 Å². The zero-order valence-corrected chi connectivity index (χ0v) is 23.0. The van der Waals surface area contributed by atoms with E-state index in [1.807, 2.05) is 19.9 Å². The predicted octanol–water partition coefficient (Wildman–Crippen LogP) is 7.59. The van der Waals surface area contributed by atoms with Gasteiger partial charge in [-0.15, -0.1) is 24.5 Å². The van der Waals surface area contributed by atoms with Gasteiger partial charge in [0.1, 0.15) is 21.5 Å². The molecule has 0 spiro atoms. The third-order valence-electron chi connectivity index (χ3n) is 5.96. The minimum Gasteiger partial charge on any atom is -0.406 e. The van der Waals surface area contributed by atoms with Crippen molar-refractivity contribution in [1.29, 1.82) is 0 Å². The lowest BCUT2D eigenvalue weighted by atomic mass is 10.1. The summed E-state index contributed by atoms with van der Waals surface area (Å²) in [5, 5.41) is 7.86. The van der Waals surface area contributed by atoms with Crippen LogP contribution >= 0.6 is 11.3 Å². The molecule has 3 heterocycles. The maximum absolute atomic E-state index is 13.3. The number of aryl methyl sites for hydroxylation is 2. The molecule has 0 fully saturated rings. The summed E-state index contributed by atoms with van der Waals surface area (Å²) >= 11 is 0.676. The Hall–Kier alpha value is -4.31. The number of nitrogens with zero attached hydrogens (tertiary/aromatic N) is 3. The normalized spacial score (nSPS) is 12.5. The van der Waals surface area contributed by atoms with Gasteiger partial charge in [0.2, 0.25) is 5.76 Å². The maximum Gasteiger partial charge on any atom is 0.573 e. The number of alkyl halides is 6. The Morgan fingerprint density at radius 2 is 1.60 bits per heavy atom. The quantitative estimate of drug-likeness (QED) is 0.187. The molecule has 2 aromatic carbocycles. The van der Waals surface area contributed by atoms with Crippen LogP contribution in [0.15, 0.2) is 75.5 Å². The van der Waals surface area contributed by atoms with Crippen molar-refractivity contribution < 1.29 is 44.0 Å². The molecule has 0 unspecified atom stereocenters. The lowest BCUT2D eigenvalue weighted by Crippen LogP contribution is -2.16. The zero-order valence-electron chi connectivity index (χ0n) is 21.4. The van der Waals surface area contributed by atoms with Gasteiger partial charge < -0.3 is 9.26 Å². The average Bonchev–Trinajstić information content (AvgIpc) is 3.64. The first-order valence-corrected chi connectivity index (χ1v) is 14.1. The van der Waals surface area contributed by atoms with Crippen LogP contribution in [-0.4, -0.2) is 29.7 Å². The van der Waals surface area contributed by atoms with E-state index in [1.165, 1.54) is 35.0 Å². The molecule has 0 bridgehead atoms. The largest absolute Gasteiger partial charge is 0.573 e. The Labute approximate surface area is 238 Å². The SMILES string of the molecule is Cc1ccc(-n2nc(-c3ccc(OC(F)(F)F)cc3)cc2NS(=O)(=O)c2ccc(-c3cc(C(F)(F)F)on3)s2)cc1C. The van der Waals surface area contributed by atoms with Gasteiger partial charge in [0.05, 0.1) is 16.3 Å². The van der Waals surface area contributed by atoms with Crippen molar-refractivity contribution in [3.8, 4) is 33.3 Å². The second-order valence-corrected chi connectivity index (χ2v) is 12.0. The highest BCUT2D eigenvalue weighted by Crippen LogP contribution is 2.36. The molecule has 3 aromatic heterocycles. The van der Waals surface area contributed by atoms with Crippen LogP contribution in [0.1, 0.15) is 16.9 Å². The molecule has 0 radical (unpaired) electrons. The number of nitrogens with one attached hydrogen (secondary N) is 1. The molecule has 0 saturated heterocycles. The van der Waals surface area contributed by atoms with Gasteiger partial charge in [0.25, 0.3) is 10.0 Å². The molecular formula is C26H18F6N4O4S2. The van der Waals surface area contributed by atoms with Crippen molar-refractivity contribution in [1.82, 2.24) is 14.9 Å². The number of anilines is 1. The number of hydrogen-bond donors (Lipinski definition) is 1. The van der Waals surface area contributed by atoms with Crippen LogP contribution in [0, 0.1) is 13.8 Å². The standard InChI is InChI=1S/C26H18F6N4O4S2/c1-14-3-6-17(11-15(14)2)36-23(13-19(33-36)16-4-7-18(8-5-16)39-26(30,31)32)35-42(37,38)24-10-9-21(41-24)20-12-22(40-34-20)25(27,28)29/h3-13,35H,1-2H3. The Morgan fingerprint density at radius 1 is 0.881 bits per heavy atom. The number of hydrogen-bond acceptors (Lipinski definition) is 7. The first kappa shape index (κ1) is 29.2. The fourth-order valence-corrected chi connectivity index (χ4v) is 6.08. The van der Waals surface area contributed by atoms with E-state index in [0.717, 1.165) is 23.3 Å². The third kappa shape index (κ3) is 6.28. The van der Waals surface area contributed by atoms with Crippen molar-refractivity contribution in [2.45, 2.75) is 30.6 Å². The highest BCUT2D eigenvalue weighted by Gasteiger charge is 2.36. The Bertz CT molecular complexity index is 1860. The lowest BCUT2D eigenvalue weighted by Gasteiger charge is -2.11. The third-order valence-corrected chi connectivity index (χ3v) is 8.91. The number of ether oxygens (including phenoxy) is 1. The number of aromatic nitrogens is 3. The Morgan fingerprint density at radius 3 is 2.21 bits per heavy atom. The summed E-state index contributed by atoms with van der Waals surface area (Å²) < 4.78 is 115. The first-order valence-electron chi connectivity index (χ1n) is 11.8. The van der Waals surface area contributed by atoms with Crippen LogP contribution in [0.3, 0.4) is 0 Å². The second-order valence-electron chi connectivity index (χ2n) is 8.97. The summed E-state index contributed by atoms with van der Waals surface area (Å²) in [6.45, 7) is 3.75. The summed E-state index contributed by atoms with van der Waals surface area (Å²) in [6, 6.07) is 14.7. The molecule has 0 aliphatic rings. The molecule has 5 aromatic rings. The van der Waals surface area contributed by atoms with E-state index < -0.39 is 34.1 Å². The minimum absolute atomic E-state index is 0.000357. The van der Waals surface area contributed by atoms with E-state index in [2.05, 4.69) is 24.2 Å². The molecule has 0 saturated carbocycles. The molecule has 0 atom stereocenters. The van der Waals surface area contributed by atoms with E-state index in [-0.39, 0.29) is 26.3 Å². The van der Waals surface area contributed by atoms with Crippen molar-refractivity contribution in [2.75, 3.05) is 4.72 Å². The summed E-state index contributed by atoms with van der Waals surface area (Å²) in [6.07, 6.45) is -9.62. The van der Waals surface area contributed by atoms with Crippen molar-refractivity contribution in [2.24, 2.45) is 0 Å². The predicted molar refractivity (Wildman–Crippen MR) is 141 cm³/mol. The number of rotatable bonds is 7. The van der Waals surface area contributed by atoms with Gasteiger partial charge in [0, 0.05) is 17.7 Å². The highest BCUT2D eigenvalue weighted by atomic mass is 32.2. The topological polar surface area (TPSA) is 99.2 Å². The molecule has 42 heavy (non-hydrogen) atoms. The fraction of sp³-hybridized carbons (Fsp3) is 0.154. The molecule has 0 aliphatic heterocycles. The van der Waals surface area contributed by atoms with Crippen molar-refractivity contribution in [3.63, 3.8) is 0 Å². The van der Waals surface area contributed by atoms with Crippen LogP contribution < -0.4 is 9.46 Å². The molecule has 5 rings (SSSR count). The van der Waals surface area contributed by atoms with Gasteiger partial charge in [-0.3, -0.25) is 4.72 Å². The Kier molecular flexibility index (Phi) is 7.30. The monoisotopic (exact) mass is 628 g/mol. The number of thiophene rings is 1. The lowest BCUT2D eigenvalue weighted by molar-refractivity contribution is -0.274. The van der Waals surface area contributed by atoms with E-state index in [0.29, 0.717) is 28.7 Å². The molecule has 0 aliphatic carbocycles. The van der Waals surface area contributed by atoms with E-state index in [9.17, 15) is 34.8 Å². The number of benzene rings is 2. The summed E-state index contributed by atoms with van der Waals surface area (Å²) in [7, 11) is -4.28. The Balaban J connectivity index is 1.49. The van der Waals surface area contributed by atoms with Gasteiger partial charge in [-0.2, -0.15) is 18.3 Å². The molecule has 220 valence electrons. The zero-order chi connectivity index (χ0) is 30.4. The number of sulfonamides is 1. The van der Waals surface area contributed by atoms with Crippen molar-refractivity contribution >= 4 is 27.2 Å². The maximum atomic E-state index is 13.3. The molecule has 1 N–H and O–H groups in total. The van der Waals surface area contributed by atoms with Crippen molar-refractivity contribution in [3.05, 3.63) is 83.6 Å². The van der Waals surface area contributed by atoms with E-state index in [1.54, 1.807) is 12.1 Å². The van der Waals surface area contributed by atoms with Crippen LogP contribution in [-0.2, 0) is 16.2 Å². The fourth-order valence-electron chi connectivity index (χ4n) is 3.79. The number of halogens is 6. The van der Waals surface area contributed by atoms with Gasteiger partial charge in [-0.1, -0.05) is 11.2 Å². The van der Waals surface area contributed by atoms with Crippen LogP contribution in [0.25, 0.3) is 27.5 Å². The summed E-state index contributed by atoms with van der Waals surface area (Å²) in [5.41, 5.74) is 2.78. The summed E-state index contributed by atoms with van der Waals surface area (Å²) in [5.74, 6) is -1.76.